The Morgan fingerprint density at radius 2 is 2.05 bits per heavy atom. The van der Waals surface area contributed by atoms with E-state index in [1.54, 1.807) is 0 Å². The first-order chi connectivity index (χ1) is 9.63. The van der Waals surface area contributed by atoms with Crippen molar-refractivity contribution in [2.45, 2.75) is 26.8 Å². The number of piperazine rings is 1. The largest absolute Gasteiger partial charge is 0.361 e. The van der Waals surface area contributed by atoms with Crippen LogP contribution in [-0.4, -0.2) is 60.8 Å². The summed E-state index contributed by atoms with van der Waals surface area (Å²) in [5.41, 5.74) is 1.54. The molecule has 1 unspecified atom stereocenters. The smallest absolute Gasteiger partial charge is 0.133 e. The normalized spacial score (nSPS) is 29.1. The fraction of sp³-hybridized carbons (Fsp3) is 0.800. The van der Waals surface area contributed by atoms with Crippen molar-refractivity contribution in [3.63, 3.8) is 0 Å². The van der Waals surface area contributed by atoms with Crippen molar-refractivity contribution in [1.29, 1.82) is 0 Å². The molecule has 1 aromatic heterocycles. The van der Waals surface area contributed by atoms with E-state index in [9.17, 15) is 0 Å². The summed E-state index contributed by atoms with van der Waals surface area (Å²) < 4.78 is 5.14. The van der Waals surface area contributed by atoms with Gasteiger partial charge in [0, 0.05) is 51.9 Å². The highest BCUT2D eigenvalue weighted by molar-refractivity contribution is 5.03. The van der Waals surface area contributed by atoms with Crippen LogP contribution in [0.3, 0.4) is 0 Å². The molecule has 0 aliphatic carbocycles. The molecule has 112 valence electrons. The van der Waals surface area contributed by atoms with Crippen molar-refractivity contribution in [1.82, 2.24) is 20.3 Å². The van der Waals surface area contributed by atoms with E-state index < -0.39 is 0 Å². The van der Waals surface area contributed by atoms with Gasteiger partial charge in [-0.15, -0.1) is 0 Å². The number of nitrogens with one attached hydrogen (secondary N) is 1. The summed E-state index contributed by atoms with van der Waals surface area (Å²) in [6.45, 7) is 13.5. The molecule has 5 nitrogen and oxygen atoms in total. The lowest BCUT2D eigenvalue weighted by atomic mass is 9.89. The van der Waals surface area contributed by atoms with Crippen LogP contribution in [0.5, 0.6) is 0 Å². The maximum absolute atomic E-state index is 5.14. The van der Waals surface area contributed by atoms with E-state index >= 15 is 0 Å². The van der Waals surface area contributed by atoms with E-state index in [1.807, 2.05) is 13.0 Å². The van der Waals surface area contributed by atoms with E-state index in [0.29, 0.717) is 5.41 Å². The van der Waals surface area contributed by atoms with Gasteiger partial charge in [-0.25, -0.2) is 0 Å². The van der Waals surface area contributed by atoms with Crippen LogP contribution in [0.4, 0.5) is 0 Å². The van der Waals surface area contributed by atoms with Gasteiger partial charge in [0.1, 0.15) is 5.76 Å². The Kier molecular flexibility index (Phi) is 4.10. The van der Waals surface area contributed by atoms with Crippen LogP contribution in [0.15, 0.2) is 10.6 Å². The average Bonchev–Trinajstić information content (AvgIpc) is 3.01. The predicted molar refractivity (Wildman–Crippen MR) is 78.6 cm³/mol. The monoisotopic (exact) mass is 278 g/mol. The summed E-state index contributed by atoms with van der Waals surface area (Å²) in [7, 11) is 0. The molecule has 0 amide bonds. The highest BCUT2D eigenvalue weighted by Gasteiger charge is 2.31. The molecule has 0 aromatic carbocycles. The van der Waals surface area contributed by atoms with Crippen LogP contribution in [0.2, 0.25) is 0 Å². The molecule has 2 saturated heterocycles. The highest BCUT2D eigenvalue weighted by atomic mass is 16.5. The van der Waals surface area contributed by atoms with Crippen LogP contribution >= 0.6 is 0 Å². The summed E-state index contributed by atoms with van der Waals surface area (Å²) in [6.07, 6.45) is 1.31. The molecule has 0 spiro atoms. The van der Waals surface area contributed by atoms with Gasteiger partial charge < -0.3 is 14.7 Å². The van der Waals surface area contributed by atoms with Gasteiger partial charge >= 0.3 is 0 Å². The van der Waals surface area contributed by atoms with Crippen molar-refractivity contribution < 1.29 is 4.52 Å². The number of rotatable bonds is 4. The maximum atomic E-state index is 5.14. The van der Waals surface area contributed by atoms with Crippen LogP contribution in [0.25, 0.3) is 0 Å². The van der Waals surface area contributed by atoms with Gasteiger partial charge in [0.15, 0.2) is 0 Å². The Bertz CT molecular complexity index is 431. The van der Waals surface area contributed by atoms with Gasteiger partial charge in [0.2, 0.25) is 0 Å². The number of nitrogens with zero attached hydrogens (tertiary/aromatic N) is 3. The Morgan fingerprint density at radius 3 is 2.65 bits per heavy atom. The van der Waals surface area contributed by atoms with E-state index in [2.05, 4.69) is 27.2 Å². The van der Waals surface area contributed by atoms with E-state index in [0.717, 1.165) is 31.1 Å². The second-order valence-corrected chi connectivity index (χ2v) is 6.72. The summed E-state index contributed by atoms with van der Waals surface area (Å²) >= 11 is 0. The quantitative estimate of drug-likeness (QED) is 0.893. The fourth-order valence-corrected chi connectivity index (χ4v) is 3.37. The summed E-state index contributed by atoms with van der Waals surface area (Å²) in [4.78, 5) is 5.10. The second-order valence-electron chi connectivity index (χ2n) is 6.72. The minimum absolute atomic E-state index is 0.478. The number of hydrogen-bond donors (Lipinski definition) is 1. The van der Waals surface area contributed by atoms with Crippen molar-refractivity contribution in [3.8, 4) is 0 Å². The SMILES string of the molecule is Cc1cc(CN2CCN(CC3(C)CCNC3)CC2)no1. The van der Waals surface area contributed by atoms with Crippen LogP contribution in [0.1, 0.15) is 24.8 Å². The topological polar surface area (TPSA) is 44.5 Å². The second kappa shape index (κ2) is 5.84. The molecule has 1 aromatic rings. The lowest BCUT2D eigenvalue weighted by Crippen LogP contribution is -2.49. The summed E-state index contributed by atoms with van der Waals surface area (Å²) in [6, 6.07) is 2.04. The Morgan fingerprint density at radius 1 is 1.30 bits per heavy atom. The Labute approximate surface area is 121 Å². The molecule has 1 atom stereocenters. The van der Waals surface area contributed by atoms with Crippen molar-refractivity contribution in [2.75, 3.05) is 45.8 Å². The van der Waals surface area contributed by atoms with Gasteiger partial charge in [0.25, 0.3) is 0 Å². The molecule has 3 heterocycles. The van der Waals surface area contributed by atoms with Gasteiger partial charge in [-0.2, -0.15) is 0 Å². The molecular weight excluding hydrogens is 252 g/mol. The third kappa shape index (κ3) is 3.40. The number of aromatic nitrogens is 1. The third-order valence-electron chi connectivity index (χ3n) is 4.59. The third-order valence-corrected chi connectivity index (χ3v) is 4.59. The van der Waals surface area contributed by atoms with Crippen LogP contribution in [0, 0.1) is 12.3 Å². The van der Waals surface area contributed by atoms with E-state index in [4.69, 9.17) is 4.52 Å². The Balaban J connectivity index is 1.45. The van der Waals surface area contributed by atoms with E-state index in [-0.39, 0.29) is 0 Å². The molecule has 2 aliphatic heterocycles. The average molecular weight is 278 g/mol. The van der Waals surface area contributed by atoms with Gasteiger partial charge in [-0.05, 0) is 25.3 Å². The summed E-state index contributed by atoms with van der Waals surface area (Å²) in [5, 5.41) is 7.57. The molecule has 0 saturated carbocycles. The van der Waals surface area contributed by atoms with Crippen molar-refractivity contribution >= 4 is 0 Å². The van der Waals surface area contributed by atoms with Crippen molar-refractivity contribution in [3.05, 3.63) is 17.5 Å². The highest BCUT2D eigenvalue weighted by Crippen LogP contribution is 2.26. The molecule has 5 heteroatoms. The number of aryl methyl sites for hydroxylation is 1. The summed E-state index contributed by atoms with van der Waals surface area (Å²) in [5.74, 6) is 0.903. The molecule has 3 rings (SSSR count). The van der Waals surface area contributed by atoms with Crippen LogP contribution < -0.4 is 5.32 Å². The first-order valence-corrected chi connectivity index (χ1v) is 7.71. The Hall–Kier alpha value is -0.910. The molecule has 20 heavy (non-hydrogen) atoms. The zero-order valence-electron chi connectivity index (χ0n) is 12.7. The molecule has 2 fully saturated rings. The van der Waals surface area contributed by atoms with Gasteiger partial charge in [0.05, 0.1) is 5.69 Å². The van der Waals surface area contributed by atoms with Crippen LogP contribution in [-0.2, 0) is 6.54 Å². The molecule has 2 aliphatic rings. The lowest BCUT2D eigenvalue weighted by Gasteiger charge is -2.38. The van der Waals surface area contributed by atoms with Gasteiger partial charge in [-0.1, -0.05) is 12.1 Å². The first-order valence-electron chi connectivity index (χ1n) is 7.71. The lowest BCUT2D eigenvalue weighted by molar-refractivity contribution is 0.0920. The van der Waals surface area contributed by atoms with E-state index in [1.165, 1.54) is 39.1 Å². The zero-order chi connectivity index (χ0) is 14.0. The van der Waals surface area contributed by atoms with Crippen molar-refractivity contribution in [2.24, 2.45) is 5.41 Å². The standard InChI is InChI=1S/C15H26N4O/c1-13-9-14(17-20-13)10-18-5-7-19(8-6-18)12-15(2)3-4-16-11-15/h9,16H,3-8,10-12H2,1-2H3. The zero-order valence-corrected chi connectivity index (χ0v) is 12.7. The molecule has 1 N–H and O–H groups in total. The predicted octanol–water partition coefficient (Wildman–Crippen LogP) is 1.10. The first kappa shape index (κ1) is 14.0. The minimum atomic E-state index is 0.478. The molecule has 0 radical (unpaired) electrons. The maximum Gasteiger partial charge on any atom is 0.133 e. The number of hydrogen-bond acceptors (Lipinski definition) is 5. The minimum Gasteiger partial charge on any atom is -0.361 e. The fourth-order valence-electron chi connectivity index (χ4n) is 3.37. The van der Waals surface area contributed by atoms with Gasteiger partial charge in [-0.3, -0.25) is 4.90 Å². The molecule has 0 bridgehead atoms. The molecular formula is C15H26N4O.